The Morgan fingerprint density at radius 2 is 2.00 bits per heavy atom. The molecule has 17 heavy (non-hydrogen) atoms. The Balaban J connectivity index is 2.62. The molecule has 2 rings (SSSR count). The van der Waals surface area contributed by atoms with Gasteiger partial charge in [0.2, 0.25) is 0 Å². The summed E-state index contributed by atoms with van der Waals surface area (Å²) in [6.07, 6.45) is 0. The maximum Gasteiger partial charge on any atom is 0.123 e. The van der Waals surface area contributed by atoms with Crippen molar-refractivity contribution in [2.75, 3.05) is 0 Å². The van der Waals surface area contributed by atoms with Crippen LogP contribution in [-0.2, 0) is 0 Å². The molecule has 0 bridgehead atoms. The fraction of sp³-hybridized carbons (Fsp3) is 0.308. The lowest BCUT2D eigenvalue weighted by Gasteiger charge is -2.14. The van der Waals surface area contributed by atoms with E-state index in [1.165, 1.54) is 12.1 Å². The van der Waals surface area contributed by atoms with E-state index < -0.39 is 0 Å². The highest BCUT2D eigenvalue weighted by molar-refractivity contribution is 5.43. The van der Waals surface area contributed by atoms with Crippen molar-refractivity contribution in [1.82, 2.24) is 9.78 Å². The van der Waals surface area contributed by atoms with Crippen molar-refractivity contribution in [2.24, 2.45) is 5.73 Å². The van der Waals surface area contributed by atoms with Crippen LogP contribution >= 0.6 is 0 Å². The van der Waals surface area contributed by atoms with Crippen molar-refractivity contribution < 1.29 is 4.39 Å². The van der Waals surface area contributed by atoms with E-state index in [2.05, 4.69) is 5.10 Å². The number of benzene rings is 1. The normalized spacial score (nSPS) is 12.8. The molecule has 0 aliphatic rings. The molecule has 2 N–H and O–H groups in total. The Morgan fingerprint density at radius 1 is 1.29 bits per heavy atom. The first-order chi connectivity index (χ1) is 7.99. The van der Waals surface area contributed by atoms with Crippen molar-refractivity contribution in [1.29, 1.82) is 0 Å². The van der Waals surface area contributed by atoms with Gasteiger partial charge in [0.15, 0.2) is 0 Å². The zero-order valence-corrected chi connectivity index (χ0v) is 10.2. The molecule has 0 saturated heterocycles. The minimum atomic E-state index is -0.275. The third-order valence-electron chi connectivity index (χ3n) is 2.72. The van der Waals surface area contributed by atoms with Gasteiger partial charge in [-0.15, -0.1) is 0 Å². The van der Waals surface area contributed by atoms with Gasteiger partial charge in [0.25, 0.3) is 0 Å². The third-order valence-corrected chi connectivity index (χ3v) is 2.72. The number of rotatable bonds is 2. The molecule has 0 unspecified atom stereocenters. The monoisotopic (exact) mass is 233 g/mol. The van der Waals surface area contributed by atoms with E-state index in [-0.39, 0.29) is 11.9 Å². The summed E-state index contributed by atoms with van der Waals surface area (Å²) in [5, 5.41) is 4.39. The Hall–Kier alpha value is -1.68. The second-order valence-electron chi connectivity index (χ2n) is 4.33. The zero-order chi connectivity index (χ0) is 12.6. The fourth-order valence-electron chi connectivity index (χ4n) is 1.96. The molecule has 0 spiro atoms. The van der Waals surface area contributed by atoms with Crippen molar-refractivity contribution in [3.05, 3.63) is 47.0 Å². The molecule has 1 heterocycles. The molecule has 90 valence electrons. The molecule has 4 heteroatoms. The Labute approximate surface area is 100 Å². The molecule has 0 aliphatic heterocycles. The number of nitrogens with zero attached hydrogens (tertiary/aromatic N) is 2. The molecule has 0 aliphatic carbocycles. The highest BCUT2D eigenvalue weighted by atomic mass is 19.1. The van der Waals surface area contributed by atoms with Gasteiger partial charge >= 0.3 is 0 Å². The Bertz CT molecular complexity index is 544. The average Bonchev–Trinajstić information content (AvgIpc) is 2.57. The maximum absolute atomic E-state index is 13.2. The highest BCUT2D eigenvalue weighted by Crippen LogP contribution is 2.22. The van der Waals surface area contributed by atoms with Crippen molar-refractivity contribution in [3.8, 4) is 5.69 Å². The van der Waals surface area contributed by atoms with Gasteiger partial charge in [0.1, 0.15) is 5.82 Å². The van der Waals surface area contributed by atoms with E-state index in [0.29, 0.717) is 0 Å². The van der Waals surface area contributed by atoms with E-state index >= 15 is 0 Å². The molecule has 3 nitrogen and oxygen atoms in total. The summed E-state index contributed by atoms with van der Waals surface area (Å²) in [4.78, 5) is 0. The van der Waals surface area contributed by atoms with Crippen LogP contribution in [0.25, 0.3) is 5.69 Å². The Kier molecular flexibility index (Phi) is 2.98. The minimum absolute atomic E-state index is 0.232. The number of halogens is 1. The number of hydrogen-bond donors (Lipinski definition) is 1. The van der Waals surface area contributed by atoms with Crippen LogP contribution in [0.15, 0.2) is 24.3 Å². The summed E-state index contributed by atoms with van der Waals surface area (Å²) in [6, 6.07) is 6.36. The van der Waals surface area contributed by atoms with E-state index in [1.807, 2.05) is 26.8 Å². The lowest BCUT2D eigenvalue weighted by molar-refractivity contribution is 0.620. The predicted octanol–water partition coefficient (Wildman–Crippen LogP) is 2.65. The van der Waals surface area contributed by atoms with Gasteiger partial charge in [-0.05, 0) is 50.6 Å². The lowest BCUT2D eigenvalue weighted by Crippen LogP contribution is -2.11. The molecule has 0 fully saturated rings. The van der Waals surface area contributed by atoms with E-state index in [4.69, 9.17) is 5.73 Å². The van der Waals surface area contributed by atoms with Crippen LogP contribution in [0.2, 0.25) is 0 Å². The largest absolute Gasteiger partial charge is 0.324 e. The summed E-state index contributed by atoms with van der Waals surface area (Å²) in [7, 11) is 0. The SMILES string of the molecule is Cc1cc(C)n(-c2ccc(F)cc2[C@@H](C)N)n1. The zero-order valence-electron chi connectivity index (χ0n) is 10.2. The van der Waals surface area contributed by atoms with Crippen molar-refractivity contribution >= 4 is 0 Å². The second-order valence-corrected chi connectivity index (χ2v) is 4.33. The van der Waals surface area contributed by atoms with Gasteiger partial charge in [-0.1, -0.05) is 0 Å². The van der Waals surface area contributed by atoms with Crippen molar-refractivity contribution in [3.63, 3.8) is 0 Å². The van der Waals surface area contributed by atoms with Crippen LogP contribution < -0.4 is 5.73 Å². The molecule has 0 saturated carbocycles. The summed E-state index contributed by atoms with van der Waals surface area (Å²) in [5.41, 5.74) is 9.41. The second kappa shape index (κ2) is 4.30. The van der Waals surface area contributed by atoms with Gasteiger partial charge in [0, 0.05) is 11.7 Å². The number of aromatic nitrogens is 2. The number of hydrogen-bond acceptors (Lipinski definition) is 2. The molecule has 0 radical (unpaired) electrons. The van der Waals surface area contributed by atoms with Gasteiger partial charge in [-0.25, -0.2) is 9.07 Å². The molecule has 2 aromatic rings. The maximum atomic E-state index is 13.2. The van der Waals surface area contributed by atoms with E-state index in [1.54, 1.807) is 10.7 Å². The predicted molar refractivity (Wildman–Crippen MR) is 65.6 cm³/mol. The fourth-order valence-corrected chi connectivity index (χ4v) is 1.96. The minimum Gasteiger partial charge on any atom is -0.324 e. The first-order valence-electron chi connectivity index (χ1n) is 5.57. The first kappa shape index (κ1) is 11.8. The van der Waals surface area contributed by atoms with Crippen LogP contribution in [0.1, 0.15) is 29.9 Å². The Morgan fingerprint density at radius 3 is 2.53 bits per heavy atom. The summed E-state index contributed by atoms with van der Waals surface area (Å²) in [6.45, 7) is 5.73. The van der Waals surface area contributed by atoms with E-state index in [9.17, 15) is 4.39 Å². The number of nitrogens with two attached hydrogens (primary N) is 1. The van der Waals surface area contributed by atoms with Crippen LogP contribution in [0.5, 0.6) is 0 Å². The van der Waals surface area contributed by atoms with Gasteiger partial charge in [-0.3, -0.25) is 0 Å². The van der Waals surface area contributed by atoms with Crippen LogP contribution in [0.4, 0.5) is 4.39 Å². The third kappa shape index (κ3) is 2.22. The molecule has 1 atom stereocenters. The number of aryl methyl sites for hydroxylation is 2. The first-order valence-corrected chi connectivity index (χ1v) is 5.57. The highest BCUT2D eigenvalue weighted by Gasteiger charge is 2.12. The molecular formula is C13H16FN3. The summed E-state index contributed by atoms with van der Waals surface area (Å²) >= 11 is 0. The van der Waals surface area contributed by atoms with Crippen molar-refractivity contribution in [2.45, 2.75) is 26.8 Å². The van der Waals surface area contributed by atoms with Gasteiger partial charge in [0.05, 0.1) is 11.4 Å². The summed E-state index contributed by atoms with van der Waals surface area (Å²) < 4.78 is 15.0. The summed E-state index contributed by atoms with van der Waals surface area (Å²) in [5.74, 6) is -0.275. The molecular weight excluding hydrogens is 217 g/mol. The van der Waals surface area contributed by atoms with Crippen LogP contribution in [0.3, 0.4) is 0 Å². The van der Waals surface area contributed by atoms with Crippen LogP contribution in [0, 0.1) is 19.7 Å². The lowest BCUT2D eigenvalue weighted by atomic mass is 10.1. The molecule has 0 amide bonds. The van der Waals surface area contributed by atoms with Gasteiger partial charge < -0.3 is 5.73 Å². The smallest absolute Gasteiger partial charge is 0.123 e. The van der Waals surface area contributed by atoms with E-state index in [0.717, 1.165) is 22.6 Å². The van der Waals surface area contributed by atoms with Crippen LogP contribution in [-0.4, -0.2) is 9.78 Å². The quantitative estimate of drug-likeness (QED) is 0.866. The molecule has 1 aromatic heterocycles. The molecule has 1 aromatic carbocycles. The average molecular weight is 233 g/mol. The standard InChI is InChI=1S/C13H16FN3/c1-8-6-9(2)17(16-8)13-5-4-11(14)7-12(13)10(3)15/h4-7,10H,15H2,1-3H3/t10-/m1/s1. The topological polar surface area (TPSA) is 43.8 Å². The van der Waals surface area contributed by atoms with Gasteiger partial charge in [-0.2, -0.15) is 5.10 Å².